The van der Waals surface area contributed by atoms with Crippen LogP contribution in [0.15, 0.2) is 59.9 Å². The third-order valence-corrected chi connectivity index (χ3v) is 5.72. The Morgan fingerprint density at radius 1 is 1.08 bits per heavy atom. The van der Waals surface area contributed by atoms with Gasteiger partial charge in [-0.2, -0.15) is 14.5 Å². The van der Waals surface area contributed by atoms with Gasteiger partial charge in [0.2, 0.25) is 10.0 Å². The number of aryl methyl sites for hydroxylation is 2. The summed E-state index contributed by atoms with van der Waals surface area (Å²) in [6.45, 7) is 0.600. The summed E-state index contributed by atoms with van der Waals surface area (Å²) in [6.07, 6.45) is 5.33. The maximum Gasteiger partial charge on any atom is 0.246 e. The maximum absolute atomic E-state index is 13.0. The lowest BCUT2D eigenvalue weighted by atomic mass is 10.1. The van der Waals surface area contributed by atoms with Crippen molar-refractivity contribution in [1.29, 1.82) is 0 Å². The van der Waals surface area contributed by atoms with Gasteiger partial charge in [0.25, 0.3) is 0 Å². The Hall–Kier alpha value is -2.45. The number of hydrogen-bond donors (Lipinski definition) is 0. The molecule has 0 saturated heterocycles. The van der Waals surface area contributed by atoms with E-state index in [4.69, 9.17) is 0 Å². The van der Waals surface area contributed by atoms with E-state index in [0.29, 0.717) is 18.7 Å². The zero-order chi connectivity index (χ0) is 17.9. The molecule has 2 heterocycles. The summed E-state index contributed by atoms with van der Waals surface area (Å²) < 4.78 is 30.6. The fraction of sp³-hybridized carbons (Fsp3) is 0.294. The van der Waals surface area contributed by atoms with E-state index in [2.05, 4.69) is 10.2 Å². The predicted octanol–water partition coefficient (Wildman–Crippen LogP) is 1.59. The van der Waals surface area contributed by atoms with Crippen molar-refractivity contribution in [2.75, 3.05) is 6.54 Å². The Bertz CT molecular complexity index is 931. The first-order valence-corrected chi connectivity index (χ1v) is 9.40. The molecule has 0 radical (unpaired) electrons. The number of sulfonamides is 1. The molecule has 7 nitrogen and oxygen atoms in total. The third kappa shape index (κ3) is 4.15. The van der Waals surface area contributed by atoms with Crippen LogP contribution in [0.1, 0.15) is 11.3 Å². The molecule has 0 N–H and O–H groups in total. The van der Waals surface area contributed by atoms with Gasteiger partial charge >= 0.3 is 0 Å². The average molecular weight is 359 g/mol. The molecule has 25 heavy (non-hydrogen) atoms. The van der Waals surface area contributed by atoms with E-state index in [1.165, 1.54) is 21.4 Å². The van der Waals surface area contributed by atoms with Gasteiger partial charge in [-0.25, -0.2) is 8.42 Å². The van der Waals surface area contributed by atoms with Crippen molar-refractivity contribution < 1.29 is 8.42 Å². The molecule has 0 aliphatic rings. The predicted molar refractivity (Wildman–Crippen MR) is 94.2 cm³/mol. The van der Waals surface area contributed by atoms with E-state index in [9.17, 15) is 8.42 Å². The van der Waals surface area contributed by atoms with Gasteiger partial charge in [0.15, 0.2) is 0 Å². The molecule has 0 spiro atoms. The molecule has 0 bridgehead atoms. The molecule has 2 aromatic heterocycles. The first-order valence-electron chi connectivity index (χ1n) is 7.96. The van der Waals surface area contributed by atoms with E-state index in [1.54, 1.807) is 17.9 Å². The van der Waals surface area contributed by atoms with Crippen LogP contribution < -0.4 is 0 Å². The van der Waals surface area contributed by atoms with Crippen LogP contribution in [0, 0.1) is 0 Å². The van der Waals surface area contributed by atoms with Gasteiger partial charge in [-0.3, -0.25) is 9.36 Å². The minimum atomic E-state index is -3.64. The standard InChI is InChI=1S/C17H21N5O2S/c1-20-10-9-16(19-20)13-22(11-8-15-6-4-3-5-7-15)25(23,24)17-12-18-21(2)14-17/h3-7,9-10,12,14H,8,11,13H2,1-2H3. The molecule has 0 aliphatic heterocycles. The molecule has 0 amide bonds. The highest BCUT2D eigenvalue weighted by atomic mass is 32.2. The molecule has 8 heteroatoms. The van der Waals surface area contributed by atoms with E-state index in [-0.39, 0.29) is 11.4 Å². The first-order chi connectivity index (χ1) is 11.9. The SMILES string of the molecule is Cn1cc(S(=O)(=O)N(CCc2ccccc2)Cc2ccn(C)n2)cn1. The monoisotopic (exact) mass is 359 g/mol. The molecule has 3 rings (SSSR count). The molecule has 0 atom stereocenters. The number of aromatic nitrogens is 4. The smallest absolute Gasteiger partial charge is 0.246 e. The summed E-state index contributed by atoms with van der Waals surface area (Å²) in [7, 11) is -0.125. The third-order valence-electron chi connectivity index (χ3n) is 3.92. The fourth-order valence-electron chi connectivity index (χ4n) is 2.59. The Morgan fingerprint density at radius 2 is 1.84 bits per heavy atom. The highest BCUT2D eigenvalue weighted by Crippen LogP contribution is 2.18. The van der Waals surface area contributed by atoms with Crippen LogP contribution in [-0.4, -0.2) is 38.8 Å². The maximum atomic E-state index is 13.0. The van der Waals surface area contributed by atoms with E-state index in [1.807, 2.05) is 43.4 Å². The minimum Gasteiger partial charge on any atom is -0.276 e. The number of benzene rings is 1. The van der Waals surface area contributed by atoms with Gasteiger partial charge in [-0.15, -0.1) is 0 Å². The molecule has 0 fully saturated rings. The molecule has 132 valence electrons. The molecule has 0 unspecified atom stereocenters. The molecule has 3 aromatic rings. The zero-order valence-electron chi connectivity index (χ0n) is 14.3. The highest BCUT2D eigenvalue weighted by Gasteiger charge is 2.26. The van der Waals surface area contributed by atoms with Crippen molar-refractivity contribution in [3.05, 3.63) is 66.2 Å². The Kier molecular flexibility index (Phi) is 5.00. The molecular weight excluding hydrogens is 338 g/mol. The van der Waals surface area contributed by atoms with Gasteiger partial charge < -0.3 is 0 Å². The van der Waals surface area contributed by atoms with Gasteiger partial charge in [0.05, 0.1) is 18.4 Å². The van der Waals surface area contributed by atoms with Gasteiger partial charge in [0, 0.05) is 33.0 Å². The second kappa shape index (κ2) is 7.20. The molecular formula is C17H21N5O2S. The van der Waals surface area contributed by atoms with E-state index < -0.39 is 10.0 Å². The average Bonchev–Trinajstić information content (AvgIpc) is 3.21. The van der Waals surface area contributed by atoms with Crippen LogP contribution in [0.3, 0.4) is 0 Å². The number of rotatable bonds is 7. The Balaban J connectivity index is 1.85. The van der Waals surface area contributed by atoms with Crippen LogP contribution in [0.25, 0.3) is 0 Å². The topological polar surface area (TPSA) is 73.0 Å². The quantitative estimate of drug-likeness (QED) is 0.642. The van der Waals surface area contributed by atoms with Crippen LogP contribution >= 0.6 is 0 Å². The molecule has 0 saturated carbocycles. The second-order valence-corrected chi connectivity index (χ2v) is 7.84. The summed E-state index contributed by atoms with van der Waals surface area (Å²) in [6, 6.07) is 11.7. The first kappa shape index (κ1) is 17.4. The lowest BCUT2D eigenvalue weighted by molar-refractivity contribution is 0.403. The summed E-state index contributed by atoms with van der Waals surface area (Å²) in [5.41, 5.74) is 1.80. The second-order valence-electron chi connectivity index (χ2n) is 5.90. The summed E-state index contributed by atoms with van der Waals surface area (Å²) in [5, 5.41) is 8.29. The van der Waals surface area contributed by atoms with Crippen molar-refractivity contribution in [3.63, 3.8) is 0 Å². The van der Waals surface area contributed by atoms with Gasteiger partial charge in [-0.1, -0.05) is 30.3 Å². The minimum absolute atomic E-state index is 0.194. The lowest BCUT2D eigenvalue weighted by Crippen LogP contribution is -2.32. The zero-order valence-corrected chi connectivity index (χ0v) is 15.1. The normalized spacial score (nSPS) is 12.0. The van der Waals surface area contributed by atoms with Gasteiger partial charge in [0.1, 0.15) is 4.90 Å². The molecule has 0 aliphatic carbocycles. The van der Waals surface area contributed by atoms with E-state index in [0.717, 1.165) is 5.56 Å². The van der Waals surface area contributed by atoms with Crippen LogP contribution in [0.2, 0.25) is 0 Å². The van der Waals surface area contributed by atoms with Crippen LogP contribution in [0.4, 0.5) is 0 Å². The fourth-order valence-corrected chi connectivity index (χ4v) is 3.99. The largest absolute Gasteiger partial charge is 0.276 e. The summed E-state index contributed by atoms with van der Waals surface area (Å²) >= 11 is 0. The highest BCUT2D eigenvalue weighted by molar-refractivity contribution is 7.89. The molecule has 1 aromatic carbocycles. The number of nitrogens with zero attached hydrogens (tertiary/aromatic N) is 5. The van der Waals surface area contributed by atoms with Crippen molar-refractivity contribution in [1.82, 2.24) is 23.9 Å². The van der Waals surface area contributed by atoms with Crippen molar-refractivity contribution in [3.8, 4) is 0 Å². The Labute approximate surface area is 147 Å². The van der Waals surface area contributed by atoms with Gasteiger partial charge in [-0.05, 0) is 18.1 Å². The number of hydrogen-bond acceptors (Lipinski definition) is 4. The van der Waals surface area contributed by atoms with Crippen LogP contribution in [-0.2, 0) is 37.1 Å². The van der Waals surface area contributed by atoms with E-state index >= 15 is 0 Å². The summed E-state index contributed by atoms with van der Waals surface area (Å²) in [4.78, 5) is 0.194. The lowest BCUT2D eigenvalue weighted by Gasteiger charge is -2.20. The van der Waals surface area contributed by atoms with Crippen molar-refractivity contribution in [2.24, 2.45) is 14.1 Å². The Morgan fingerprint density at radius 3 is 2.44 bits per heavy atom. The van der Waals surface area contributed by atoms with Crippen molar-refractivity contribution >= 4 is 10.0 Å². The summed E-state index contributed by atoms with van der Waals surface area (Å²) in [5.74, 6) is 0. The van der Waals surface area contributed by atoms with Crippen molar-refractivity contribution in [2.45, 2.75) is 17.9 Å². The van der Waals surface area contributed by atoms with Crippen LogP contribution in [0.5, 0.6) is 0 Å².